The van der Waals surface area contributed by atoms with Gasteiger partial charge in [0.25, 0.3) is 0 Å². The minimum absolute atomic E-state index is 0.382. The first-order chi connectivity index (χ1) is 10.9. The van der Waals surface area contributed by atoms with Crippen molar-refractivity contribution in [2.75, 3.05) is 7.05 Å². The first-order valence-electron chi connectivity index (χ1n) is 9.32. The first-order valence-corrected chi connectivity index (χ1v) is 9.32. The summed E-state index contributed by atoms with van der Waals surface area (Å²) in [6.45, 7) is 15.2. The van der Waals surface area contributed by atoms with Gasteiger partial charge in [-0.25, -0.2) is 0 Å². The Bertz CT molecular complexity index is 414. The van der Waals surface area contributed by atoms with Crippen molar-refractivity contribution in [2.24, 2.45) is 16.3 Å². The zero-order chi connectivity index (χ0) is 17.7. The van der Waals surface area contributed by atoms with Crippen molar-refractivity contribution in [3.63, 3.8) is 0 Å². The summed E-state index contributed by atoms with van der Waals surface area (Å²) in [4.78, 5) is 4.23. The Morgan fingerprint density at radius 1 is 1.30 bits per heavy atom. The molecular weight excluding hydrogens is 278 g/mol. The molecule has 0 aliphatic rings. The third-order valence-corrected chi connectivity index (χ3v) is 4.69. The monoisotopic (exact) mass is 317 g/mol. The highest BCUT2D eigenvalue weighted by atomic mass is 14.7. The van der Waals surface area contributed by atoms with E-state index in [1.165, 1.54) is 44.1 Å². The van der Waals surface area contributed by atoms with Crippen LogP contribution in [0.5, 0.6) is 0 Å². The minimum Gasteiger partial charge on any atom is -0.293 e. The van der Waals surface area contributed by atoms with E-state index >= 15 is 0 Å². The molecule has 0 aliphatic carbocycles. The predicted octanol–water partition coefficient (Wildman–Crippen LogP) is 7.16. The summed E-state index contributed by atoms with van der Waals surface area (Å²) in [5.41, 5.74) is 2.65. The van der Waals surface area contributed by atoms with Gasteiger partial charge >= 0.3 is 0 Å². The molecule has 0 amide bonds. The summed E-state index contributed by atoms with van der Waals surface area (Å²) in [5, 5.41) is 0. The van der Waals surface area contributed by atoms with Crippen LogP contribution in [0.2, 0.25) is 0 Å². The molecule has 0 radical (unpaired) electrons. The predicted molar refractivity (Wildman–Crippen MR) is 107 cm³/mol. The van der Waals surface area contributed by atoms with Gasteiger partial charge < -0.3 is 0 Å². The van der Waals surface area contributed by atoms with E-state index in [0.29, 0.717) is 5.41 Å². The molecule has 0 saturated carbocycles. The number of nitrogens with zero attached hydrogens (tertiary/aromatic N) is 1. The maximum Gasteiger partial charge on any atom is 0.0382 e. The van der Waals surface area contributed by atoms with Crippen LogP contribution in [0.4, 0.5) is 0 Å². The standard InChI is InChI=1S/C22H39N/c1-8-16-22(6,17-9-2)18-19(4)14-12-11-13-15-21(10-3)20(5)23-7/h8,10,15-16,19H,3,9,11-14,17-18H2,1-2,4-7H3/b16-8-,21-15+,23-20?/t19?,22-/m0/s1. The van der Waals surface area contributed by atoms with Crippen molar-refractivity contribution < 1.29 is 0 Å². The van der Waals surface area contributed by atoms with Crippen LogP contribution in [0, 0.1) is 11.3 Å². The molecule has 132 valence electrons. The Kier molecular flexibility index (Phi) is 11.7. The van der Waals surface area contributed by atoms with E-state index in [9.17, 15) is 0 Å². The molecule has 0 aliphatic heterocycles. The van der Waals surface area contributed by atoms with Gasteiger partial charge in [-0.05, 0) is 56.4 Å². The topological polar surface area (TPSA) is 12.4 Å². The van der Waals surface area contributed by atoms with Gasteiger partial charge in [0, 0.05) is 12.8 Å². The molecule has 1 unspecified atom stereocenters. The molecule has 0 aromatic carbocycles. The second-order valence-electron chi connectivity index (χ2n) is 7.17. The largest absolute Gasteiger partial charge is 0.293 e. The van der Waals surface area contributed by atoms with Gasteiger partial charge in [0.2, 0.25) is 0 Å². The van der Waals surface area contributed by atoms with Crippen molar-refractivity contribution in [3.05, 3.63) is 36.5 Å². The van der Waals surface area contributed by atoms with Crippen LogP contribution in [0.3, 0.4) is 0 Å². The molecular formula is C22H39N. The highest BCUT2D eigenvalue weighted by Gasteiger charge is 2.22. The number of hydrogen-bond donors (Lipinski definition) is 0. The Hall–Kier alpha value is -1.11. The molecule has 2 atom stereocenters. The summed E-state index contributed by atoms with van der Waals surface area (Å²) in [6, 6.07) is 0. The Balaban J connectivity index is 4.23. The van der Waals surface area contributed by atoms with E-state index in [0.717, 1.165) is 18.1 Å². The average molecular weight is 318 g/mol. The molecule has 1 heteroatoms. The maximum atomic E-state index is 4.23. The summed E-state index contributed by atoms with van der Waals surface area (Å²) in [7, 11) is 1.84. The fourth-order valence-electron chi connectivity index (χ4n) is 3.53. The highest BCUT2D eigenvalue weighted by Crippen LogP contribution is 2.34. The van der Waals surface area contributed by atoms with Crippen LogP contribution in [-0.4, -0.2) is 12.8 Å². The summed E-state index contributed by atoms with van der Waals surface area (Å²) < 4.78 is 0. The molecule has 0 bridgehead atoms. The lowest BCUT2D eigenvalue weighted by Crippen LogP contribution is -2.17. The normalized spacial score (nSPS) is 17.3. The summed E-state index contributed by atoms with van der Waals surface area (Å²) in [5.74, 6) is 0.796. The average Bonchev–Trinajstić information content (AvgIpc) is 2.50. The molecule has 0 aromatic heterocycles. The lowest BCUT2D eigenvalue weighted by atomic mass is 9.76. The van der Waals surface area contributed by atoms with Crippen LogP contribution in [-0.2, 0) is 0 Å². The van der Waals surface area contributed by atoms with Crippen molar-refractivity contribution in [1.29, 1.82) is 0 Å². The van der Waals surface area contributed by atoms with Gasteiger partial charge in [-0.1, -0.05) is 70.9 Å². The van der Waals surface area contributed by atoms with Crippen LogP contribution in [0.1, 0.15) is 79.6 Å². The smallest absolute Gasteiger partial charge is 0.0382 e. The number of unbranched alkanes of at least 4 members (excludes halogenated alkanes) is 2. The van der Waals surface area contributed by atoms with Gasteiger partial charge in [-0.2, -0.15) is 0 Å². The summed E-state index contributed by atoms with van der Waals surface area (Å²) in [6.07, 6.45) is 17.7. The summed E-state index contributed by atoms with van der Waals surface area (Å²) >= 11 is 0. The van der Waals surface area contributed by atoms with E-state index in [1.807, 2.05) is 20.0 Å². The van der Waals surface area contributed by atoms with Gasteiger partial charge in [-0.3, -0.25) is 4.99 Å². The van der Waals surface area contributed by atoms with E-state index in [4.69, 9.17) is 0 Å². The lowest BCUT2D eigenvalue weighted by Gasteiger charge is -2.29. The quantitative estimate of drug-likeness (QED) is 0.157. The van der Waals surface area contributed by atoms with Crippen LogP contribution >= 0.6 is 0 Å². The molecule has 0 heterocycles. The zero-order valence-electron chi connectivity index (χ0n) is 16.5. The molecule has 0 aromatic rings. The van der Waals surface area contributed by atoms with E-state index < -0.39 is 0 Å². The molecule has 0 N–H and O–H groups in total. The molecule has 1 nitrogen and oxygen atoms in total. The minimum atomic E-state index is 0.382. The Morgan fingerprint density at radius 3 is 2.52 bits per heavy atom. The fourth-order valence-corrected chi connectivity index (χ4v) is 3.53. The van der Waals surface area contributed by atoms with Crippen molar-refractivity contribution in [2.45, 2.75) is 79.6 Å². The van der Waals surface area contributed by atoms with Gasteiger partial charge in [0.05, 0.1) is 0 Å². The second kappa shape index (κ2) is 12.3. The van der Waals surface area contributed by atoms with E-state index in [-0.39, 0.29) is 0 Å². The first kappa shape index (κ1) is 21.9. The fraction of sp³-hybridized carbons (Fsp3) is 0.682. The number of aliphatic imine (C=N–C) groups is 1. The third-order valence-electron chi connectivity index (χ3n) is 4.69. The zero-order valence-corrected chi connectivity index (χ0v) is 16.5. The molecule has 0 fully saturated rings. The lowest BCUT2D eigenvalue weighted by molar-refractivity contribution is 0.282. The number of hydrogen-bond acceptors (Lipinski definition) is 1. The van der Waals surface area contributed by atoms with Crippen LogP contribution in [0.25, 0.3) is 0 Å². The molecule has 0 rings (SSSR count). The number of rotatable bonds is 12. The molecule has 23 heavy (non-hydrogen) atoms. The van der Waals surface area contributed by atoms with E-state index in [2.05, 4.69) is 57.5 Å². The van der Waals surface area contributed by atoms with Gasteiger partial charge in [0.15, 0.2) is 0 Å². The van der Waals surface area contributed by atoms with Crippen molar-refractivity contribution in [1.82, 2.24) is 0 Å². The van der Waals surface area contributed by atoms with E-state index in [1.54, 1.807) is 0 Å². The van der Waals surface area contributed by atoms with Crippen LogP contribution in [0.15, 0.2) is 41.4 Å². The Morgan fingerprint density at radius 2 is 2.00 bits per heavy atom. The van der Waals surface area contributed by atoms with Gasteiger partial charge in [-0.15, -0.1) is 0 Å². The van der Waals surface area contributed by atoms with Gasteiger partial charge in [0.1, 0.15) is 0 Å². The SMILES string of the molecule is C=C/C(=C\CCCCC(C)C[C@@](C)(/C=C\C)CCC)C(C)=NC. The van der Waals surface area contributed by atoms with Crippen molar-refractivity contribution in [3.8, 4) is 0 Å². The Labute approximate surface area is 145 Å². The highest BCUT2D eigenvalue weighted by molar-refractivity contribution is 6.00. The number of allylic oxidation sites excluding steroid dienone is 5. The maximum absolute atomic E-state index is 4.23. The molecule has 0 saturated heterocycles. The molecule has 0 spiro atoms. The van der Waals surface area contributed by atoms with Crippen molar-refractivity contribution >= 4 is 5.71 Å². The van der Waals surface area contributed by atoms with Crippen LogP contribution < -0.4 is 0 Å². The third kappa shape index (κ3) is 9.58. The second-order valence-corrected chi connectivity index (χ2v) is 7.17.